The summed E-state index contributed by atoms with van der Waals surface area (Å²) in [6, 6.07) is 16.9. The zero-order valence-corrected chi connectivity index (χ0v) is 19.6. The van der Waals surface area contributed by atoms with Crippen molar-refractivity contribution in [1.29, 1.82) is 0 Å². The summed E-state index contributed by atoms with van der Waals surface area (Å²) in [5, 5.41) is 4.23. The van der Waals surface area contributed by atoms with Gasteiger partial charge in [0.15, 0.2) is 0 Å². The predicted octanol–water partition coefficient (Wildman–Crippen LogP) is 7.12. The van der Waals surface area contributed by atoms with Gasteiger partial charge in [-0.25, -0.2) is 0 Å². The maximum atomic E-state index is 12.7. The molecule has 6 heteroatoms. The Hall–Kier alpha value is -3.70. The fraction of sp³-hybridized carbons (Fsp3) is 0.148. The number of methoxy groups -OCH3 is 2. The number of para-hydroxylation sites is 1. The van der Waals surface area contributed by atoms with Gasteiger partial charge in [0.1, 0.15) is 17.1 Å². The zero-order chi connectivity index (χ0) is 23.5. The van der Waals surface area contributed by atoms with Crippen molar-refractivity contribution in [3.63, 3.8) is 0 Å². The number of hydrogen-bond acceptors (Lipinski definition) is 4. The van der Waals surface area contributed by atoms with E-state index in [0.29, 0.717) is 16.5 Å². The van der Waals surface area contributed by atoms with Gasteiger partial charge < -0.3 is 19.2 Å². The third-order valence-corrected chi connectivity index (χ3v) is 5.86. The van der Waals surface area contributed by atoms with Crippen LogP contribution >= 0.6 is 11.6 Å². The number of allylic oxidation sites excluding steroid dienone is 1. The van der Waals surface area contributed by atoms with E-state index in [9.17, 15) is 4.79 Å². The van der Waals surface area contributed by atoms with Crippen molar-refractivity contribution >= 4 is 39.7 Å². The lowest BCUT2D eigenvalue weighted by Gasteiger charge is -2.13. The fourth-order valence-corrected chi connectivity index (χ4v) is 4.07. The van der Waals surface area contributed by atoms with Gasteiger partial charge in [0.2, 0.25) is 5.91 Å². The van der Waals surface area contributed by atoms with Gasteiger partial charge in [0.25, 0.3) is 0 Å². The number of carbonyl (C=O) groups excluding carboxylic acids is 1. The molecule has 0 aliphatic rings. The number of hydrogen-bond donors (Lipinski definition) is 1. The summed E-state index contributed by atoms with van der Waals surface area (Å²) in [5.74, 6) is 1.15. The van der Waals surface area contributed by atoms with E-state index in [1.807, 2.05) is 56.3 Å². The first-order valence-corrected chi connectivity index (χ1v) is 10.8. The van der Waals surface area contributed by atoms with E-state index in [1.54, 1.807) is 32.6 Å². The molecule has 1 aromatic heterocycles. The fourth-order valence-electron chi connectivity index (χ4n) is 3.89. The number of fused-ring (bicyclic) bond motifs is 1. The van der Waals surface area contributed by atoms with Crippen LogP contribution in [-0.4, -0.2) is 20.1 Å². The SMILES string of the molecule is COc1cccc(-c2coc3c(C)c(OC)c(/C(C)=C/C(=O)Nc4ccccc4Cl)cc23)c1. The highest BCUT2D eigenvalue weighted by molar-refractivity contribution is 6.33. The number of anilines is 1. The molecule has 0 saturated carbocycles. The van der Waals surface area contributed by atoms with Crippen molar-refractivity contribution in [1.82, 2.24) is 0 Å². The minimum absolute atomic E-state index is 0.277. The molecule has 33 heavy (non-hydrogen) atoms. The highest BCUT2D eigenvalue weighted by Gasteiger charge is 2.19. The Balaban J connectivity index is 1.78. The van der Waals surface area contributed by atoms with Crippen molar-refractivity contribution in [3.8, 4) is 22.6 Å². The molecule has 0 aliphatic carbocycles. The maximum absolute atomic E-state index is 12.7. The van der Waals surface area contributed by atoms with Crippen LogP contribution in [0.1, 0.15) is 18.1 Å². The predicted molar refractivity (Wildman–Crippen MR) is 133 cm³/mol. The van der Waals surface area contributed by atoms with E-state index in [1.165, 1.54) is 6.08 Å². The largest absolute Gasteiger partial charge is 0.497 e. The first-order chi connectivity index (χ1) is 15.9. The summed E-state index contributed by atoms with van der Waals surface area (Å²) >= 11 is 6.17. The molecular formula is C27H24ClNO4. The second-order valence-corrected chi connectivity index (χ2v) is 8.04. The van der Waals surface area contributed by atoms with E-state index in [-0.39, 0.29) is 5.91 Å². The first-order valence-electron chi connectivity index (χ1n) is 10.4. The third kappa shape index (κ3) is 4.45. The molecule has 1 amide bonds. The summed E-state index contributed by atoms with van der Waals surface area (Å²) < 4.78 is 17.0. The van der Waals surface area contributed by atoms with E-state index in [4.69, 9.17) is 25.5 Å². The van der Waals surface area contributed by atoms with Gasteiger partial charge >= 0.3 is 0 Å². The van der Waals surface area contributed by atoms with Crippen molar-refractivity contribution in [2.45, 2.75) is 13.8 Å². The molecule has 5 nitrogen and oxygen atoms in total. The molecule has 0 atom stereocenters. The molecule has 0 fully saturated rings. The molecule has 3 aromatic carbocycles. The van der Waals surface area contributed by atoms with Crippen LogP contribution in [0.15, 0.2) is 71.4 Å². The average Bonchev–Trinajstić information content (AvgIpc) is 3.25. The molecular weight excluding hydrogens is 438 g/mol. The number of ether oxygens (including phenoxy) is 2. The normalized spacial score (nSPS) is 11.5. The third-order valence-electron chi connectivity index (χ3n) is 5.53. The number of rotatable bonds is 6. The molecule has 0 unspecified atom stereocenters. The van der Waals surface area contributed by atoms with Crippen molar-refractivity contribution in [2.24, 2.45) is 0 Å². The Bertz CT molecular complexity index is 1370. The van der Waals surface area contributed by atoms with Crippen molar-refractivity contribution < 1.29 is 18.7 Å². The van der Waals surface area contributed by atoms with Crippen LogP contribution < -0.4 is 14.8 Å². The van der Waals surface area contributed by atoms with Crippen molar-refractivity contribution in [3.05, 3.63) is 83.1 Å². The summed E-state index contributed by atoms with van der Waals surface area (Å²) in [6.45, 7) is 3.82. The number of aryl methyl sites for hydroxylation is 1. The molecule has 168 valence electrons. The zero-order valence-electron chi connectivity index (χ0n) is 18.9. The van der Waals surface area contributed by atoms with Gasteiger partial charge in [-0.2, -0.15) is 0 Å². The summed E-state index contributed by atoms with van der Waals surface area (Å²) in [5.41, 5.74) is 5.62. The second-order valence-electron chi connectivity index (χ2n) is 7.64. The van der Waals surface area contributed by atoms with Gasteiger partial charge in [-0.15, -0.1) is 0 Å². The Labute approximate surface area is 197 Å². The number of benzene rings is 3. The highest BCUT2D eigenvalue weighted by atomic mass is 35.5. The average molecular weight is 462 g/mol. The standard InChI is InChI=1S/C27H24ClNO4/c1-16(12-25(30)29-24-11-6-5-10-23(24)28)20-14-21-22(18-8-7-9-19(13-18)31-3)15-33-27(21)17(2)26(20)32-4/h5-15H,1-4H3,(H,29,30)/b16-12+. The van der Waals surface area contributed by atoms with Gasteiger partial charge in [0, 0.05) is 28.2 Å². The number of nitrogens with one attached hydrogen (secondary N) is 1. The van der Waals surface area contributed by atoms with E-state index < -0.39 is 0 Å². The molecule has 0 saturated heterocycles. The minimum Gasteiger partial charge on any atom is -0.497 e. The number of carbonyl (C=O) groups is 1. The molecule has 4 aromatic rings. The second kappa shape index (κ2) is 9.43. The molecule has 0 bridgehead atoms. The Morgan fingerprint density at radius 1 is 1.06 bits per heavy atom. The van der Waals surface area contributed by atoms with Gasteiger partial charge in [-0.1, -0.05) is 35.9 Å². The Morgan fingerprint density at radius 3 is 2.58 bits per heavy atom. The molecule has 1 heterocycles. The summed E-state index contributed by atoms with van der Waals surface area (Å²) in [7, 11) is 3.25. The molecule has 1 N–H and O–H groups in total. The van der Waals surface area contributed by atoms with Crippen LogP contribution in [0.4, 0.5) is 5.69 Å². The van der Waals surface area contributed by atoms with E-state index >= 15 is 0 Å². The first kappa shape index (κ1) is 22.5. The summed E-state index contributed by atoms with van der Waals surface area (Å²) in [4.78, 5) is 12.7. The molecule has 0 spiro atoms. The number of furan rings is 1. The van der Waals surface area contributed by atoms with Gasteiger partial charge in [-0.05, 0) is 55.3 Å². The van der Waals surface area contributed by atoms with Gasteiger partial charge in [0.05, 0.1) is 31.2 Å². The van der Waals surface area contributed by atoms with Crippen LogP contribution in [0.25, 0.3) is 27.7 Å². The summed E-state index contributed by atoms with van der Waals surface area (Å²) in [6.07, 6.45) is 3.27. The van der Waals surface area contributed by atoms with Crippen LogP contribution in [0.5, 0.6) is 11.5 Å². The minimum atomic E-state index is -0.277. The lowest BCUT2D eigenvalue weighted by atomic mass is 9.96. The highest BCUT2D eigenvalue weighted by Crippen LogP contribution is 2.41. The van der Waals surface area contributed by atoms with Crippen LogP contribution in [0, 0.1) is 6.92 Å². The topological polar surface area (TPSA) is 60.7 Å². The number of halogens is 1. The van der Waals surface area contributed by atoms with Crippen LogP contribution in [0.3, 0.4) is 0 Å². The maximum Gasteiger partial charge on any atom is 0.248 e. The van der Waals surface area contributed by atoms with E-state index in [2.05, 4.69) is 5.32 Å². The quantitative estimate of drug-likeness (QED) is 0.310. The molecule has 0 aliphatic heterocycles. The Morgan fingerprint density at radius 2 is 1.85 bits per heavy atom. The van der Waals surface area contributed by atoms with Crippen LogP contribution in [-0.2, 0) is 4.79 Å². The lowest BCUT2D eigenvalue weighted by Crippen LogP contribution is -2.09. The lowest BCUT2D eigenvalue weighted by molar-refractivity contribution is -0.111. The van der Waals surface area contributed by atoms with E-state index in [0.717, 1.165) is 44.5 Å². The van der Waals surface area contributed by atoms with Gasteiger partial charge in [-0.3, -0.25) is 4.79 Å². The molecule has 0 radical (unpaired) electrons. The van der Waals surface area contributed by atoms with Crippen molar-refractivity contribution in [2.75, 3.05) is 19.5 Å². The molecule has 4 rings (SSSR count). The van der Waals surface area contributed by atoms with Crippen LogP contribution in [0.2, 0.25) is 5.02 Å². The monoisotopic (exact) mass is 461 g/mol. The number of amides is 1. The smallest absolute Gasteiger partial charge is 0.248 e. The Kier molecular flexibility index (Phi) is 6.43.